The lowest BCUT2D eigenvalue weighted by Gasteiger charge is -2.18. The third-order valence-electron chi connectivity index (χ3n) is 1.51. The van der Waals surface area contributed by atoms with Crippen LogP contribution in [0, 0.1) is 4.77 Å². The third kappa shape index (κ3) is 2.06. The molecule has 0 aliphatic rings. The van der Waals surface area contributed by atoms with Gasteiger partial charge < -0.3 is 4.98 Å². The number of hydrogen-bond donors (Lipinski definition) is 2. The van der Waals surface area contributed by atoms with E-state index in [4.69, 9.17) is 0 Å². The highest BCUT2D eigenvalue weighted by atomic mass is 32.1. The average Bonchev–Trinajstić information content (AvgIpc) is 2.00. The molecular formula is C6H3F5N2OS. The summed E-state index contributed by atoms with van der Waals surface area (Å²) >= 11 is 4.34. The zero-order valence-electron chi connectivity index (χ0n) is 6.78. The Kier molecular flexibility index (Phi) is 2.68. The van der Waals surface area contributed by atoms with Crippen molar-refractivity contribution in [3.05, 3.63) is 26.9 Å². The Labute approximate surface area is 83.9 Å². The molecule has 2 N–H and O–H groups in total. The molecule has 0 aromatic carbocycles. The van der Waals surface area contributed by atoms with Crippen LogP contribution < -0.4 is 5.56 Å². The smallest absolute Gasteiger partial charge is 0.338 e. The maximum atomic E-state index is 12.7. The van der Waals surface area contributed by atoms with E-state index in [0.29, 0.717) is 0 Å². The predicted molar refractivity (Wildman–Crippen MR) is 42.2 cm³/mol. The second kappa shape index (κ2) is 3.40. The number of rotatable bonds is 1. The number of H-pyrrole nitrogens is 2. The summed E-state index contributed by atoms with van der Waals surface area (Å²) in [6.45, 7) is 0. The second-order valence-electron chi connectivity index (χ2n) is 2.56. The molecule has 15 heavy (non-hydrogen) atoms. The molecule has 9 heteroatoms. The normalized spacial score (nSPS) is 12.9. The highest BCUT2D eigenvalue weighted by Crippen LogP contribution is 2.41. The van der Waals surface area contributed by atoms with Gasteiger partial charge in [0.05, 0.1) is 0 Å². The van der Waals surface area contributed by atoms with E-state index in [9.17, 15) is 26.7 Å². The standard InChI is InChI=1S/C6H3F5N2OS/c7-5(8,6(9,10)11)2-1-12-4(15)13-3(2)14/h1H,(H2,12,13,14,15). The Balaban J connectivity index is 3.41. The molecule has 0 saturated carbocycles. The molecule has 1 aromatic rings. The fourth-order valence-corrected chi connectivity index (χ4v) is 0.947. The minimum absolute atomic E-state index is 0.245. The summed E-state index contributed by atoms with van der Waals surface area (Å²) in [5.41, 5.74) is -3.29. The Hall–Kier alpha value is -1.25. The SMILES string of the molecule is O=c1[nH]c(=S)[nH]cc1C(F)(F)C(F)(F)F. The van der Waals surface area contributed by atoms with Gasteiger partial charge in [0.25, 0.3) is 5.56 Å². The minimum atomic E-state index is -5.82. The minimum Gasteiger partial charge on any atom is -0.338 e. The van der Waals surface area contributed by atoms with Crippen LogP contribution in [0.5, 0.6) is 0 Å². The number of halogens is 5. The average molecular weight is 246 g/mol. The Bertz CT molecular complexity index is 473. The number of aromatic nitrogens is 2. The lowest BCUT2D eigenvalue weighted by molar-refractivity contribution is -0.290. The molecule has 84 valence electrons. The topological polar surface area (TPSA) is 48.6 Å². The van der Waals surface area contributed by atoms with Crippen molar-refractivity contribution in [1.82, 2.24) is 9.97 Å². The van der Waals surface area contributed by atoms with Gasteiger partial charge in [0.15, 0.2) is 4.77 Å². The first-order valence-electron chi connectivity index (χ1n) is 3.43. The zero-order valence-corrected chi connectivity index (χ0v) is 7.60. The van der Waals surface area contributed by atoms with Gasteiger partial charge >= 0.3 is 12.1 Å². The van der Waals surface area contributed by atoms with Crippen LogP contribution in [0.3, 0.4) is 0 Å². The first-order chi connectivity index (χ1) is 6.66. The molecule has 0 unspecified atom stereocenters. The molecule has 0 saturated heterocycles. The summed E-state index contributed by atoms with van der Waals surface area (Å²) in [4.78, 5) is 14.3. The molecule has 0 atom stereocenters. The van der Waals surface area contributed by atoms with Gasteiger partial charge in [0.2, 0.25) is 0 Å². The molecule has 1 heterocycles. The van der Waals surface area contributed by atoms with Gasteiger partial charge in [-0.3, -0.25) is 9.78 Å². The first-order valence-corrected chi connectivity index (χ1v) is 3.84. The van der Waals surface area contributed by atoms with E-state index in [1.807, 2.05) is 4.98 Å². The van der Waals surface area contributed by atoms with Crippen molar-refractivity contribution in [2.45, 2.75) is 12.1 Å². The highest BCUT2D eigenvalue weighted by molar-refractivity contribution is 7.71. The van der Waals surface area contributed by atoms with Gasteiger partial charge in [-0.1, -0.05) is 0 Å². The van der Waals surface area contributed by atoms with Crippen LogP contribution in [0.15, 0.2) is 11.0 Å². The molecular weight excluding hydrogens is 243 g/mol. The van der Waals surface area contributed by atoms with Crippen molar-refractivity contribution in [1.29, 1.82) is 0 Å². The summed E-state index contributed by atoms with van der Waals surface area (Å²) in [6, 6.07) is 0. The molecule has 0 amide bonds. The van der Waals surface area contributed by atoms with Crippen molar-refractivity contribution in [2.24, 2.45) is 0 Å². The van der Waals surface area contributed by atoms with E-state index in [-0.39, 0.29) is 11.0 Å². The number of aromatic amines is 2. The molecule has 0 aliphatic carbocycles. The van der Waals surface area contributed by atoms with Crippen LogP contribution in [0.1, 0.15) is 5.56 Å². The summed E-state index contributed by atoms with van der Waals surface area (Å²) in [5.74, 6) is -5.21. The maximum Gasteiger partial charge on any atom is 0.458 e. The Morgan fingerprint density at radius 3 is 2.13 bits per heavy atom. The summed E-state index contributed by atoms with van der Waals surface area (Å²) in [7, 11) is 0. The second-order valence-corrected chi connectivity index (χ2v) is 2.97. The van der Waals surface area contributed by atoms with Gasteiger partial charge in [-0.2, -0.15) is 22.0 Å². The molecule has 0 fully saturated rings. The Morgan fingerprint density at radius 1 is 1.20 bits per heavy atom. The van der Waals surface area contributed by atoms with Crippen molar-refractivity contribution in [2.75, 3.05) is 0 Å². The van der Waals surface area contributed by atoms with Gasteiger partial charge in [-0.15, -0.1) is 0 Å². The fourth-order valence-electron chi connectivity index (χ4n) is 0.796. The largest absolute Gasteiger partial charge is 0.458 e. The molecule has 0 bridgehead atoms. The van der Waals surface area contributed by atoms with Crippen molar-refractivity contribution in [3.63, 3.8) is 0 Å². The van der Waals surface area contributed by atoms with E-state index in [0.717, 1.165) is 0 Å². The monoisotopic (exact) mass is 246 g/mol. The van der Waals surface area contributed by atoms with Gasteiger partial charge in [-0.05, 0) is 12.2 Å². The van der Waals surface area contributed by atoms with E-state index in [1.165, 1.54) is 0 Å². The van der Waals surface area contributed by atoms with Crippen LogP contribution in [-0.4, -0.2) is 16.1 Å². The fraction of sp³-hybridized carbons (Fsp3) is 0.333. The zero-order chi connectivity index (χ0) is 11.9. The quantitative estimate of drug-likeness (QED) is 0.588. The van der Waals surface area contributed by atoms with Crippen LogP contribution in [0.2, 0.25) is 0 Å². The van der Waals surface area contributed by atoms with E-state index < -0.39 is 23.2 Å². The number of nitrogens with one attached hydrogen (secondary N) is 2. The van der Waals surface area contributed by atoms with Crippen molar-refractivity contribution in [3.8, 4) is 0 Å². The lowest BCUT2D eigenvalue weighted by Crippen LogP contribution is -2.38. The Morgan fingerprint density at radius 2 is 1.73 bits per heavy atom. The van der Waals surface area contributed by atoms with Crippen molar-refractivity contribution >= 4 is 12.2 Å². The van der Waals surface area contributed by atoms with E-state index in [1.54, 1.807) is 4.98 Å². The third-order valence-corrected chi connectivity index (χ3v) is 1.73. The van der Waals surface area contributed by atoms with Crippen LogP contribution >= 0.6 is 12.2 Å². The van der Waals surface area contributed by atoms with E-state index >= 15 is 0 Å². The molecule has 0 aliphatic heterocycles. The maximum absolute atomic E-state index is 12.7. The van der Waals surface area contributed by atoms with Crippen LogP contribution in [0.4, 0.5) is 22.0 Å². The van der Waals surface area contributed by atoms with E-state index in [2.05, 4.69) is 12.2 Å². The highest BCUT2D eigenvalue weighted by Gasteiger charge is 2.60. The summed E-state index contributed by atoms with van der Waals surface area (Å²) < 4.78 is 60.6. The summed E-state index contributed by atoms with van der Waals surface area (Å²) in [6.07, 6.45) is -5.58. The first kappa shape index (κ1) is 11.8. The molecule has 3 nitrogen and oxygen atoms in total. The van der Waals surface area contributed by atoms with Gasteiger partial charge in [-0.25, -0.2) is 0 Å². The molecule has 0 spiro atoms. The predicted octanol–water partition coefficient (Wildman–Crippen LogP) is 2.09. The molecule has 1 rings (SSSR count). The molecule has 1 aromatic heterocycles. The summed E-state index contributed by atoms with van der Waals surface area (Å²) in [5, 5.41) is 0. The van der Waals surface area contributed by atoms with Gasteiger partial charge in [0, 0.05) is 6.20 Å². The number of alkyl halides is 5. The van der Waals surface area contributed by atoms with Gasteiger partial charge in [0.1, 0.15) is 5.56 Å². The molecule has 0 radical (unpaired) electrons. The van der Waals surface area contributed by atoms with Crippen LogP contribution in [0.25, 0.3) is 0 Å². The van der Waals surface area contributed by atoms with Crippen LogP contribution in [-0.2, 0) is 5.92 Å². The number of hydrogen-bond acceptors (Lipinski definition) is 2. The lowest BCUT2D eigenvalue weighted by atomic mass is 10.2. The van der Waals surface area contributed by atoms with Crippen molar-refractivity contribution < 1.29 is 22.0 Å².